The molecule has 2 unspecified atom stereocenters. The Labute approximate surface area is 115 Å². The van der Waals surface area contributed by atoms with Crippen molar-refractivity contribution in [2.24, 2.45) is 5.73 Å². The smallest absolute Gasteiger partial charge is 0.240 e. The summed E-state index contributed by atoms with van der Waals surface area (Å²) >= 11 is 0. The van der Waals surface area contributed by atoms with Crippen LogP contribution in [-0.2, 0) is 11.3 Å². The number of piperazine rings is 1. The Morgan fingerprint density at radius 3 is 2.63 bits per heavy atom. The maximum atomic E-state index is 12.4. The Morgan fingerprint density at radius 2 is 2.00 bits per heavy atom. The molecule has 2 N–H and O–H groups in total. The minimum Gasteiger partial charge on any atom is -0.340 e. The number of hydrogen-bond donors (Lipinski definition) is 1. The Kier molecular flexibility index (Phi) is 4.56. The summed E-state index contributed by atoms with van der Waals surface area (Å²) < 4.78 is 0. The first-order chi connectivity index (χ1) is 9.13. The second kappa shape index (κ2) is 6.17. The van der Waals surface area contributed by atoms with Gasteiger partial charge in [-0.2, -0.15) is 0 Å². The van der Waals surface area contributed by atoms with E-state index in [-0.39, 0.29) is 18.0 Å². The number of carbonyl (C=O) groups excluding carboxylic acids is 1. The van der Waals surface area contributed by atoms with E-state index in [0.29, 0.717) is 6.54 Å². The van der Waals surface area contributed by atoms with E-state index in [1.165, 1.54) is 5.56 Å². The first-order valence-electron chi connectivity index (χ1n) is 6.88. The molecule has 0 radical (unpaired) electrons. The van der Waals surface area contributed by atoms with Crippen LogP contribution < -0.4 is 5.73 Å². The van der Waals surface area contributed by atoms with Crippen molar-refractivity contribution in [2.45, 2.75) is 32.0 Å². The summed E-state index contributed by atoms with van der Waals surface area (Å²) in [5.41, 5.74) is 6.90. The van der Waals surface area contributed by atoms with Gasteiger partial charge in [0.2, 0.25) is 5.91 Å². The first-order valence-corrected chi connectivity index (χ1v) is 6.88. The van der Waals surface area contributed by atoms with Gasteiger partial charge in [0.1, 0.15) is 0 Å². The van der Waals surface area contributed by atoms with Crippen molar-refractivity contribution in [3.8, 4) is 0 Å². The molecular weight excluding hydrogens is 238 g/mol. The molecule has 1 fully saturated rings. The van der Waals surface area contributed by atoms with Crippen LogP contribution in [0.25, 0.3) is 0 Å². The molecule has 1 aromatic rings. The van der Waals surface area contributed by atoms with E-state index < -0.39 is 0 Å². The first kappa shape index (κ1) is 14.0. The number of amides is 1. The van der Waals surface area contributed by atoms with Crippen molar-refractivity contribution in [3.63, 3.8) is 0 Å². The van der Waals surface area contributed by atoms with Crippen molar-refractivity contribution >= 4 is 5.91 Å². The molecule has 0 spiro atoms. The zero-order valence-electron chi connectivity index (χ0n) is 11.7. The van der Waals surface area contributed by atoms with Gasteiger partial charge >= 0.3 is 0 Å². The van der Waals surface area contributed by atoms with Gasteiger partial charge in [-0.25, -0.2) is 0 Å². The molecule has 1 aromatic carbocycles. The van der Waals surface area contributed by atoms with Gasteiger partial charge < -0.3 is 10.6 Å². The Hall–Kier alpha value is -1.39. The van der Waals surface area contributed by atoms with E-state index in [1.807, 2.05) is 30.1 Å². The van der Waals surface area contributed by atoms with Crippen molar-refractivity contribution in [1.82, 2.24) is 9.80 Å². The normalized spacial score (nSPS) is 24.8. The van der Waals surface area contributed by atoms with Crippen LogP contribution in [0, 0.1) is 0 Å². The molecule has 0 saturated carbocycles. The molecule has 2 rings (SSSR count). The van der Waals surface area contributed by atoms with Crippen molar-refractivity contribution < 1.29 is 4.79 Å². The maximum Gasteiger partial charge on any atom is 0.240 e. The molecule has 1 saturated heterocycles. The fourth-order valence-electron chi connectivity index (χ4n) is 2.65. The van der Waals surface area contributed by atoms with Crippen molar-refractivity contribution in [2.75, 3.05) is 20.1 Å². The molecular formula is C15H23N3O. The lowest BCUT2D eigenvalue weighted by Crippen LogP contribution is -2.59. The third-order valence-electron chi connectivity index (χ3n) is 3.90. The fourth-order valence-corrected chi connectivity index (χ4v) is 2.65. The standard InChI is InChI=1S/C15H23N3O/c1-12-10-18(11-13-6-4-3-5-7-13)14(8-9-16)15(19)17(12)2/h3-7,12,14H,8-11,16H2,1-2H3. The summed E-state index contributed by atoms with van der Waals surface area (Å²) in [7, 11) is 1.89. The molecule has 0 aromatic heterocycles. The summed E-state index contributed by atoms with van der Waals surface area (Å²) in [4.78, 5) is 16.5. The number of carbonyl (C=O) groups is 1. The van der Waals surface area contributed by atoms with E-state index >= 15 is 0 Å². The van der Waals surface area contributed by atoms with E-state index in [9.17, 15) is 4.79 Å². The Bertz CT molecular complexity index is 421. The van der Waals surface area contributed by atoms with Crippen LogP contribution in [0.1, 0.15) is 18.9 Å². The zero-order chi connectivity index (χ0) is 13.8. The SMILES string of the molecule is CC1CN(Cc2ccccc2)C(CCN)C(=O)N1C. The summed E-state index contributed by atoms with van der Waals surface area (Å²) in [6.45, 7) is 4.36. The molecule has 1 amide bonds. The molecule has 0 bridgehead atoms. The predicted octanol–water partition coefficient (Wildman–Crippen LogP) is 1.07. The van der Waals surface area contributed by atoms with Gasteiger partial charge in [0, 0.05) is 26.2 Å². The van der Waals surface area contributed by atoms with Gasteiger partial charge in [-0.3, -0.25) is 9.69 Å². The third-order valence-corrected chi connectivity index (χ3v) is 3.90. The molecule has 4 heteroatoms. The number of hydrogen-bond acceptors (Lipinski definition) is 3. The second-order valence-corrected chi connectivity index (χ2v) is 5.31. The lowest BCUT2D eigenvalue weighted by Gasteiger charge is -2.43. The quantitative estimate of drug-likeness (QED) is 0.882. The minimum atomic E-state index is -0.0774. The largest absolute Gasteiger partial charge is 0.340 e. The topological polar surface area (TPSA) is 49.6 Å². The van der Waals surface area contributed by atoms with Crippen LogP contribution >= 0.6 is 0 Å². The number of likely N-dealkylation sites (N-methyl/N-ethyl adjacent to an activating group) is 1. The molecule has 104 valence electrons. The van der Waals surface area contributed by atoms with E-state index in [4.69, 9.17) is 5.73 Å². The van der Waals surface area contributed by atoms with Crippen molar-refractivity contribution in [1.29, 1.82) is 0 Å². The lowest BCUT2D eigenvalue weighted by atomic mass is 10.0. The Morgan fingerprint density at radius 1 is 1.32 bits per heavy atom. The highest BCUT2D eigenvalue weighted by Gasteiger charge is 2.35. The average Bonchev–Trinajstić information content (AvgIpc) is 2.42. The summed E-state index contributed by atoms with van der Waals surface area (Å²) in [6.07, 6.45) is 0.725. The van der Waals surface area contributed by atoms with Gasteiger partial charge in [-0.1, -0.05) is 30.3 Å². The molecule has 1 aliphatic heterocycles. The van der Waals surface area contributed by atoms with E-state index in [2.05, 4.69) is 24.0 Å². The molecule has 2 atom stereocenters. The van der Waals surface area contributed by atoms with Crippen LogP contribution in [0.4, 0.5) is 0 Å². The number of benzene rings is 1. The van der Waals surface area contributed by atoms with Gasteiger partial charge in [0.15, 0.2) is 0 Å². The fraction of sp³-hybridized carbons (Fsp3) is 0.533. The van der Waals surface area contributed by atoms with Crippen LogP contribution in [0.5, 0.6) is 0 Å². The van der Waals surface area contributed by atoms with Crippen LogP contribution in [0.15, 0.2) is 30.3 Å². The van der Waals surface area contributed by atoms with Gasteiger partial charge in [0.25, 0.3) is 0 Å². The molecule has 0 aliphatic carbocycles. The van der Waals surface area contributed by atoms with Crippen LogP contribution in [0.2, 0.25) is 0 Å². The summed E-state index contributed by atoms with van der Waals surface area (Å²) in [5.74, 6) is 0.195. The number of nitrogens with zero attached hydrogens (tertiary/aromatic N) is 2. The Balaban J connectivity index is 2.14. The highest BCUT2D eigenvalue weighted by molar-refractivity contribution is 5.82. The molecule has 19 heavy (non-hydrogen) atoms. The summed E-state index contributed by atoms with van der Waals surface area (Å²) in [6, 6.07) is 10.5. The third kappa shape index (κ3) is 3.14. The monoisotopic (exact) mass is 261 g/mol. The van der Waals surface area contributed by atoms with Crippen LogP contribution in [-0.4, -0.2) is 47.9 Å². The highest BCUT2D eigenvalue weighted by Crippen LogP contribution is 2.20. The molecule has 1 heterocycles. The zero-order valence-corrected chi connectivity index (χ0v) is 11.7. The predicted molar refractivity (Wildman–Crippen MR) is 76.5 cm³/mol. The highest BCUT2D eigenvalue weighted by atomic mass is 16.2. The number of nitrogens with two attached hydrogens (primary N) is 1. The molecule has 4 nitrogen and oxygen atoms in total. The molecule has 1 aliphatic rings. The van der Waals surface area contributed by atoms with E-state index in [1.54, 1.807) is 0 Å². The van der Waals surface area contributed by atoms with Gasteiger partial charge in [-0.05, 0) is 25.5 Å². The van der Waals surface area contributed by atoms with Crippen molar-refractivity contribution in [3.05, 3.63) is 35.9 Å². The average molecular weight is 261 g/mol. The number of rotatable bonds is 4. The van der Waals surface area contributed by atoms with Crippen LogP contribution in [0.3, 0.4) is 0 Å². The van der Waals surface area contributed by atoms with Gasteiger partial charge in [0.05, 0.1) is 6.04 Å². The maximum absolute atomic E-state index is 12.4. The van der Waals surface area contributed by atoms with E-state index in [0.717, 1.165) is 19.5 Å². The lowest BCUT2D eigenvalue weighted by molar-refractivity contribution is -0.144. The minimum absolute atomic E-state index is 0.0774. The second-order valence-electron chi connectivity index (χ2n) is 5.31. The summed E-state index contributed by atoms with van der Waals surface area (Å²) in [5, 5.41) is 0. The van der Waals surface area contributed by atoms with Gasteiger partial charge in [-0.15, -0.1) is 0 Å².